The standard InChI is InChI=1S/C22H30N6O2/c1-4-26-11-7-8-16(26)15-27(13-12-25(2)3)22(30)18-14-23-28-19-10-6-5-9-17(19)21(29)24-20(18)28/h5-6,9-10,14,16H,4,7-8,11-13,15H2,1-3H3,(H,24,29). The van der Waals surface area contributed by atoms with E-state index < -0.39 is 0 Å². The number of para-hydroxylation sites is 1. The molecule has 8 heteroatoms. The molecule has 1 fully saturated rings. The Morgan fingerprint density at radius 3 is 2.83 bits per heavy atom. The number of H-pyrrole nitrogens is 1. The third-order valence-electron chi connectivity index (χ3n) is 6.05. The lowest BCUT2D eigenvalue weighted by Gasteiger charge is -2.31. The lowest BCUT2D eigenvalue weighted by Crippen LogP contribution is -2.45. The zero-order chi connectivity index (χ0) is 21.3. The predicted molar refractivity (Wildman–Crippen MR) is 118 cm³/mol. The topological polar surface area (TPSA) is 77.0 Å². The number of fused-ring (bicyclic) bond motifs is 3. The van der Waals surface area contributed by atoms with Crippen LogP contribution in [0.3, 0.4) is 0 Å². The van der Waals surface area contributed by atoms with Gasteiger partial charge in [0.1, 0.15) is 11.2 Å². The zero-order valence-electron chi connectivity index (χ0n) is 18.0. The van der Waals surface area contributed by atoms with Crippen LogP contribution < -0.4 is 5.56 Å². The summed E-state index contributed by atoms with van der Waals surface area (Å²) in [5, 5.41) is 4.98. The van der Waals surface area contributed by atoms with Crippen LogP contribution >= 0.6 is 0 Å². The molecule has 0 radical (unpaired) electrons. The molecule has 1 saturated heterocycles. The van der Waals surface area contributed by atoms with Gasteiger partial charge >= 0.3 is 0 Å². The highest BCUT2D eigenvalue weighted by Gasteiger charge is 2.29. The summed E-state index contributed by atoms with van der Waals surface area (Å²) in [4.78, 5) is 35.5. The van der Waals surface area contributed by atoms with E-state index >= 15 is 0 Å². The van der Waals surface area contributed by atoms with Crippen molar-refractivity contribution in [3.63, 3.8) is 0 Å². The number of hydrogen-bond acceptors (Lipinski definition) is 5. The highest BCUT2D eigenvalue weighted by molar-refractivity contribution is 6.00. The van der Waals surface area contributed by atoms with E-state index in [-0.39, 0.29) is 11.5 Å². The third kappa shape index (κ3) is 3.85. The Morgan fingerprint density at radius 2 is 2.07 bits per heavy atom. The smallest absolute Gasteiger partial charge is 0.259 e. The van der Waals surface area contributed by atoms with Gasteiger partial charge in [-0.1, -0.05) is 19.1 Å². The monoisotopic (exact) mass is 410 g/mol. The maximum atomic E-state index is 13.6. The highest BCUT2D eigenvalue weighted by atomic mass is 16.2. The van der Waals surface area contributed by atoms with Crippen LogP contribution in [0.1, 0.15) is 30.1 Å². The average Bonchev–Trinajstić information content (AvgIpc) is 3.37. The molecule has 3 aromatic rings. The number of benzene rings is 1. The Kier molecular flexibility index (Phi) is 5.87. The molecule has 3 heterocycles. The summed E-state index contributed by atoms with van der Waals surface area (Å²) in [6.45, 7) is 6.36. The molecule has 1 aromatic carbocycles. The van der Waals surface area contributed by atoms with Crippen molar-refractivity contribution >= 4 is 22.5 Å². The van der Waals surface area contributed by atoms with Gasteiger partial charge in [-0.05, 0) is 52.2 Å². The fourth-order valence-corrected chi connectivity index (χ4v) is 4.37. The summed E-state index contributed by atoms with van der Waals surface area (Å²) < 4.78 is 1.65. The third-order valence-corrected chi connectivity index (χ3v) is 6.05. The minimum Gasteiger partial charge on any atom is -0.336 e. The van der Waals surface area contributed by atoms with Gasteiger partial charge in [0, 0.05) is 25.7 Å². The van der Waals surface area contributed by atoms with Gasteiger partial charge in [-0.25, -0.2) is 4.52 Å². The Bertz CT molecular complexity index is 1100. The molecule has 8 nitrogen and oxygen atoms in total. The van der Waals surface area contributed by atoms with Crippen LogP contribution in [0.15, 0.2) is 35.3 Å². The molecule has 1 amide bonds. The first kappa shape index (κ1) is 20.6. The fraction of sp³-hybridized carbons (Fsp3) is 0.500. The number of aromatic nitrogens is 3. The van der Waals surface area contributed by atoms with Crippen molar-refractivity contribution in [3.8, 4) is 0 Å². The van der Waals surface area contributed by atoms with Gasteiger partial charge in [0.25, 0.3) is 11.5 Å². The molecule has 4 rings (SSSR count). The fourth-order valence-electron chi connectivity index (χ4n) is 4.37. The number of carbonyl (C=O) groups excluding carboxylic acids is 1. The van der Waals surface area contributed by atoms with Gasteiger partial charge in [0.05, 0.1) is 17.1 Å². The Morgan fingerprint density at radius 1 is 1.27 bits per heavy atom. The average molecular weight is 411 g/mol. The number of rotatable bonds is 7. The molecule has 0 bridgehead atoms. The largest absolute Gasteiger partial charge is 0.336 e. The molecule has 1 aliphatic heterocycles. The molecule has 0 saturated carbocycles. The second-order valence-electron chi connectivity index (χ2n) is 8.27. The lowest BCUT2D eigenvalue weighted by atomic mass is 10.1. The normalized spacial score (nSPS) is 17.4. The molecule has 1 unspecified atom stereocenters. The van der Waals surface area contributed by atoms with E-state index in [1.54, 1.807) is 16.8 Å². The minimum absolute atomic E-state index is 0.0827. The molecule has 1 aliphatic rings. The molecular weight excluding hydrogens is 380 g/mol. The van der Waals surface area contributed by atoms with Gasteiger partial charge in [-0.2, -0.15) is 5.10 Å². The maximum absolute atomic E-state index is 13.6. The van der Waals surface area contributed by atoms with Crippen LogP contribution in [-0.4, -0.2) is 88.1 Å². The first-order valence-corrected chi connectivity index (χ1v) is 10.7. The van der Waals surface area contributed by atoms with E-state index in [0.29, 0.717) is 41.2 Å². The molecule has 1 N–H and O–H groups in total. The van der Waals surface area contributed by atoms with Crippen molar-refractivity contribution in [3.05, 3.63) is 46.4 Å². The lowest BCUT2D eigenvalue weighted by molar-refractivity contribution is 0.0696. The molecule has 0 aliphatic carbocycles. The van der Waals surface area contributed by atoms with Crippen molar-refractivity contribution < 1.29 is 4.79 Å². The van der Waals surface area contributed by atoms with Crippen LogP contribution in [0.2, 0.25) is 0 Å². The number of hydrogen-bond donors (Lipinski definition) is 1. The van der Waals surface area contributed by atoms with Gasteiger partial charge in [0.2, 0.25) is 0 Å². The number of likely N-dealkylation sites (N-methyl/N-ethyl adjacent to an activating group) is 2. The van der Waals surface area contributed by atoms with Crippen LogP contribution in [0.5, 0.6) is 0 Å². The number of amides is 1. The molecule has 30 heavy (non-hydrogen) atoms. The maximum Gasteiger partial charge on any atom is 0.259 e. The van der Waals surface area contributed by atoms with Crippen LogP contribution in [0.25, 0.3) is 16.6 Å². The summed E-state index contributed by atoms with van der Waals surface area (Å²) in [6, 6.07) is 7.68. The number of nitrogens with one attached hydrogen (secondary N) is 1. The first-order valence-electron chi connectivity index (χ1n) is 10.7. The molecule has 1 atom stereocenters. The summed E-state index contributed by atoms with van der Waals surface area (Å²) in [5.41, 5.74) is 1.39. The van der Waals surface area contributed by atoms with Crippen LogP contribution in [0, 0.1) is 0 Å². The van der Waals surface area contributed by atoms with Crippen molar-refractivity contribution in [2.75, 3.05) is 46.8 Å². The Labute approximate surface area is 176 Å². The number of carbonyl (C=O) groups is 1. The predicted octanol–water partition coefficient (Wildman–Crippen LogP) is 1.66. The quantitative estimate of drug-likeness (QED) is 0.641. The van der Waals surface area contributed by atoms with E-state index in [1.807, 2.05) is 37.2 Å². The van der Waals surface area contributed by atoms with Gasteiger partial charge in [-0.3, -0.25) is 14.5 Å². The van der Waals surface area contributed by atoms with E-state index in [2.05, 4.69) is 26.8 Å². The van der Waals surface area contributed by atoms with E-state index in [4.69, 9.17) is 0 Å². The van der Waals surface area contributed by atoms with Gasteiger partial charge < -0.3 is 14.8 Å². The highest BCUT2D eigenvalue weighted by Crippen LogP contribution is 2.20. The second kappa shape index (κ2) is 8.57. The van der Waals surface area contributed by atoms with E-state index in [0.717, 1.165) is 26.1 Å². The van der Waals surface area contributed by atoms with Crippen molar-refractivity contribution in [1.82, 2.24) is 29.3 Å². The summed E-state index contributed by atoms with van der Waals surface area (Å²) in [6.07, 6.45) is 3.86. The number of nitrogens with zero attached hydrogens (tertiary/aromatic N) is 5. The summed E-state index contributed by atoms with van der Waals surface area (Å²) in [5.74, 6) is -0.0827. The van der Waals surface area contributed by atoms with E-state index in [9.17, 15) is 9.59 Å². The number of aromatic amines is 1. The van der Waals surface area contributed by atoms with E-state index in [1.165, 1.54) is 6.42 Å². The minimum atomic E-state index is -0.208. The Hall–Kier alpha value is -2.71. The zero-order valence-corrected chi connectivity index (χ0v) is 18.0. The first-order chi connectivity index (χ1) is 14.5. The van der Waals surface area contributed by atoms with Crippen LogP contribution in [0.4, 0.5) is 0 Å². The van der Waals surface area contributed by atoms with Gasteiger partial charge in [0.15, 0.2) is 0 Å². The Balaban J connectivity index is 1.70. The van der Waals surface area contributed by atoms with Crippen molar-refractivity contribution in [2.24, 2.45) is 0 Å². The summed E-state index contributed by atoms with van der Waals surface area (Å²) >= 11 is 0. The molecule has 0 spiro atoms. The van der Waals surface area contributed by atoms with Crippen molar-refractivity contribution in [1.29, 1.82) is 0 Å². The molecular formula is C22H30N6O2. The van der Waals surface area contributed by atoms with Gasteiger partial charge in [-0.15, -0.1) is 0 Å². The molecule has 2 aromatic heterocycles. The van der Waals surface area contributed by atoms with Crippen LogP contribution in [-0.2, 0) is 0 Å². The molecule has 160 valence electrons. The SMILES string of the molecule is CCN1CCCC1CN(CCN(C)C)C(=O)c1cnn2c1[nH]c(=O)c1ccccc12. The summed E-state index contributed by atoms with van der Waals surface area (Å²) in [7, 11) is 4.02. The second-order valence-corrected chi connectivity index (χ2v) is 8.27. The number of likely N-dealkylation sites (tertiary alicyclic amines) is 1. The van der Waals surface area contributed by atoms with Crippen molar-refractivity contribution in [2.45, 2.75) is 25.8 Å².